The van der Waals surface area contributed by atoms with Crippen molar-refractivity contribution in [3.8, 4) is 0 Å². The molecule has 0 aliphatic heterocycles. The van der Waals surface area contributed by atoms with Gasteiger partial charge in [0.25, 0.3) is 0 Å². The first-order chi connectivity index (χ1) is 22.5. The molecule has 1 aromatic carbocycles. The molecule has 0 bridgehead atoms. The standard InChI is InChI=1S/C42H78O3S/c1-4-7-10-13-16-19-22-25-28-31-34-39-37-38-42(46(43,44)45)41(36-33-30-27-24-21-18-15-12-9-6-3)40(39)35-32-29-26-23-20-17-14-11-8-5-2/h37-38H,4-36H2,1-3H3,(H,43,44,45)/p-1. The highest BCUT2D eigenvalue weighted by Crippen LogP contribution is 2.29. The van der Waals surface area contributed by atoms with E-state index in [4.69, 9.17) is 0 Å². The molecule has 0 aliphatic carbocycles. The Balaban J connectivity index is 2.74. The third-order valence-electron chi connectivity index (χ3n) is 10.1. The van der Waals surface area contributed by atoms with Crippen LogP contribution in [-0.2, 0) is 29.4 Å². The van der Waals surface area contributed by atoms with Crippen molar-refractivity contribution in [1.82, 2.24) is 0 Å². The van der Waals surface area contributed by atoms with E-state index in [0.29, 0.717) is 0 Å². The van der Waals surface area contributed by atoms with Gasteiger partial charge in [-0.15, -0.1) is 0 Å². The molecule has 0 amide bonds. The second-order valence-corrected chi connectivity index (χ2v) is 15.8. The van der Waals surface area contributed by atoms with Crippen LogP contribution in [0.2, 0.25) is 0 Å². The molecular formula is C42H77O3S-. The molecule has 0 N–H and O–H groups in total. The number of rotatable bonds is 34. The van der Waals surface area contributed by atoms with Crippen molar-refractivity contribution in [2.45, 2.75) is 238 Å². The molecule has 4 heteroatoms. The van der Waals surface area contributed by atoms with Gasteiger partial charge < -0.3 is 4.55 Å². The summed E-state index contributed by atoms with van der Waals surface area (Å²) in [6, 6.07) is 3.65. The molecule has 0 fully saturated rings. The zero-order valence-corrected chi connectivity index (χ0v) is 31.9. The summed E-state index contributed by atoms with van der Waals surface area (Å²) in [4.78, 5) is 0.0670. The summed E-state index contributed by atoms with van der Waals surface area (Å²) >= 11 is 0. The Morgan fingerprint density at radius 3 is 1.00 bits per heavy atom. The van der Waals surface area contributed by atoms with E-state index in [1.165, 1.54) is 178 Å². The lowest BCUT2D eigenvalue weighted by Crippen LogP contribution is -2.10. The van der Waals surface area contributed by atoms with Crippen LogP contribution in [0.1, 0.15) is 230 Å². The average molecular weight is 662 g/mol. The lowest BCUT2D eigenvalue weighted by atomic mass is 9.90. The number of benzene rings is 1. The predicted octanol–water partition coefficient (Wildman–Crippen LogP) is 14.0. The van der Waals surface area contributed by atoms with Gasteiger partial charge in [-0.1, -0.05) is 200 Å². The van der Waals surface area contributed by atoms with Crippen molar-refractivity contribution in [2.75, 3.05) is 0 Å². The smallest absolute Gasteiger partial charge is 0.124 e. The molecule has 46 heavy (non-hydrogen) atoms. The number of hydrogen-bond acceptors (Lipinski definition) is 3. The Bertz CT molecular complexity index is 923. The third-order valence-corrected chi connectivity index (χ3v) is 11.0. The predicted molar refractivity (Wildman–Crippen MR) is 201 cm³/mol. The number of unbranched alkanes of at least 4 members (excludes halogenated alkanes) is 27. The van der Waals surface area contributed by atoms with Crippen LogP contribution in [0.4, 0.5) is 0 Å². The molecule has 270 valence electrons. The zero-order chi connectivity index (χ0) is 33.6. The molecular weight excluding hydrogens is 585 g/mol. The molecule has 0 spiro atoms. The van der Waals surface area contributed by atoms with Gasteiger partial charge in [-0.3, -0.25) is 0 Å². The van der Waals surface area contributed by atoms with Crippen LogP contribution in [0.3, 0.4) is 0 Å². The van der Waals surface area contributed by atoms with E-state index < -0.39 is 10.1 Å². The van der Waals surface area contributed by atoms with Gasteiger partial charge in [0.2, 0.25) is 0 Å². The van der Waals surface area contributed by atoms with E-state index in [1.54, 1.807) is 6.07 Å². The lowest BCUT2D eigenvalue weighted by molar-refractivity contribution is 0.461. The highest BCUT2D eigenvalue weighted by molar-refractivity contribution is 7.85. The molecule has 0 atom stereocenters. The molecule has 3 nitrogen and oxygen atoms in total. The molecule has 0 saturated heterocycles. The Labute approximate surface area is 288 Å². The summed E-state index contributed by atoms with van der Waals surface area (Å²) in [6.45, 7) is 6.81. The molecule has 0 radical (unpaired) electrons. The van der Waals surface area contributed by atoms with Gasteiger partial charge in [-0.25, -0.2) is 8.42 Å². The summed E-state index contributed by atoms with van der Waals surface area (Å²) in [5.41, 5.74) is 3.39. The molecule has 1 rings (SSSR count). The van der Waals surface area contributed by atoms with Gasteiger partial charge in [-0.05, 0) is 61.3 Å². The van der Waals surface area contributed by atoms with E-state index in [-0.39, 0.29) is 4.90 Å². The van der Waals surface area contributed by atoms with Gasteiger partial charge in [0.15, 0.2) is 0 Å². The van der Waals surface area contributed by atoms with E-state index in [0.717, 1.165) is 50.5 Å². The maximum atomic E-state index is 12.4. The van der Waals surface area contributed by atoms with Crippen LogP contribution in [0.15, 0.2) is 17.0 Å². The van der Waals surface area contributed by atoms with Crippen LogP contribution < -0.4 is 0 Å². The van der Waals surface area contributed by atoms with Gasteiger partial charge in [0, 0.05) is 0 Å². The average Bonchev–Trinajstić information content (AvgIpc) is 3.03. The molecule has 0 aromatic heterocycles. The Hall–Kier alpha value is -0.870. The monoisotopic (exact) mass is 662 g/mol. The fraction of sp³-hybridized carbons (Fsp3) is 0.857. The van der Waals surface area contributed by atoms with Gasteiger partial charge in [0.05, 0.1) is 4.90 Å². The summed E-state index contributed by atoms with van der Waals surface area (Å²) in [5, 5.41) is 0. The minimum Gasteiger partial charge on any atom is -0.744 e. The van der Waals surface area contributed by atoms with Gasteiger partial charge >= 0.3 is 0 Å². The van der Waals surface area contributed by atoms with Crippen molar-refractivity contribution >= 4 is 10.1 Å². The zero-order valence-electron chi connectivity index (χ0n) is 31.1. The molecule has 0 heterocycles. The van der Waals surface area contributed by atoms with Gasteiger partial charge in [-0.2, -0.15) is 0 Å². The molecule has 0 saturated carbocycles. The Morgan fingerprint density at radius 2 is 0.674 bits per heavy atom. The molecule has 0 unspecified atom stereocenters. The quantitative estimate of drug-likeness (QED) is 0.0545. The van der Waals surface area contributed by atoms with Crippen molar-refractivity contribution in [3.05, 3.63) is 28.8 Å². The summed E-state index contributed by atoms with van der Waals surface area (Å²) < 4.78 is 37.3. The first-order valence-electron chi connectivity index (χ1n) is 20.5. The first kappa shape index (κ1) is 43.2. The largest absolute Gasteiger partial charge is 0.744 e. The maximum absolute atomic E-state index is 12.4. The fourth-order valence-corrected chi connectivity index (χ4v) is 7.92. The first-order valence-corrected chi connectivity index (χ1v) is 22.0. The van der Waals surface area contributed by atoms with E-state index in [2.05, 4.69) is 20.8 Å². The van der Waals surface area contributed by atoms with Crippen LogP contribution in [0.25, 0.3) is 0 Å². The number of hydrogen-bond donors (Lipinski definition) is 0. The highest BCUT2D eigenvalue weighted by Gasteiger charge is 2.17. The summed E-state index contributed by atoms with van der Waals surface area (Å²) in [6.07, 6.45) is 41.4. The van der Waals surface area contributed by atoms with Crippen molar-refractivity contribution in [1.29, 1.82) is 0 Å². The van der Waals surface area contributed by atoms with Crippen molar-refractivity contribution in [2.24, 2.45) is 0 Å². The summed E-state index contributed by atoms with van der Waals surface area (Å²) in [5.74, 6) is 0. The Morgan fingerprint density at radius 1 is 0.391 bits per heavy atom. The topological polar surface area (TPSA) is 57.2 Å². The van der Waals surface area contributed by atoms with Crippen LogP contribution in [0, 0.1) is 0 Å². The number of aryl methyl sites for hydroxylation is 1. The highest BCUT2D eigenvalue weighted by atomic mass is 32.2. The second kappa shape index (κ2) is 30.2. The van der Waals surface area contributed by atoms with E-state index in [9.17, 15) is 13.0 Å². The Kier molecular flexibility index (Phi) is 28.3. The van der Waals surface area contributed by atoms with Crippen LogP contribution in [-0.4, -0.2) is 13.0 Å². The lowest BCUT2D eigenvalue weighted by Gasteiger charge is -2.21. The van der Waals surface area contributed by atoms with Gasteiger partial charge in [0.1, 0.15) is 10.1 Å². The second-order valence-electron chi connectivity index (χ2n) is 14.4. The van der Waals surface area contributed by atoms with Crippen LogP contribution >= 0.6 is 0 Å². The van der Waals surface area contributed by atoms with E-state index >= 15 is 0 Å². The maximum Gasteiger partial charge on any atom is 0.124 e. The normalized spacial score (nSPS) is 11.9. The SMILES string of the molecule is CCCCCCCCCCCCc1ccc(S(=O)(=O)[O-])c(CCCCCCCCCCCC)c1CCCCCCCCCCCC. The molecule has 0 aliphatic rings. The third kappa shape index (κ3) is 22.7. The molecule has 1 aromatic rings. The van der Waals surface area contributed by atoms with Crippen LogP contribution in [0.5, 0.6) is 0 Å². The summed E-state index contributed by atoms with van der Waals surface area (Å²) in [7, 11) is -4.48. The van der Waals surface area contributed by atoms with Crippen molar-refractivity contribution in [3.63, 3.8) is 0 Å². The minimum atomic E-state index is -4.48. The minimum absolute atomic E-state index is 0.0670. The van der Waals surface area contributed by atoms with E-state index in [1.807, 2.05) is 6.07 Å². The fourth-order valence-electron chi connectivity index (χ4n) is 7.16. The van der Waals surface area contributed by atoms with Crippen molar-refractivity contribution < 1.29 is 13.0 Å².